The van der Waals surface area contributed by atoms with Crippen molar-refractivity contribution >= 4 is 18.0 Å². The number of nitrogens with one attached hydrogen (secondary N) is 2. The fourth-order valence-corrected chi connectivity index (χ4v) is 4.14. The summed E-state index contributed by atoms with van der Waals surface area (Å²) in [4.78, 5) is 35.1. The maximum Gasteiger partial charge on any atom is 0.407 e. The van der Waals surface area contributed by atoms with Crippen LogP contribution in [-0.2, 0) is 14.3 Å². The molecule has 1 aliphatic carbocycles. The standard InChI is InChI=1S/C25H30N2O5/c1-16(8-7-13-24(29)30)26-23(28)14-17(2)27-25(31)32-15-22-20-11-5-3-9-18(20)19-10-4-6-12-21(19)22/h3-6,9-12,16-17,22H,7-8,13-15H2,1-2H3,(H,26,28)(H,27,31)(H,29,30)/t16?,17-/m0/s1. The van der Waals surface area contributed by atoms with Gasteiger partial charge in [-0.05, 0) is 48.9 Å². The number of hydrogen-bond donors (Lipinski definition) is 3. The summed E-state index contributed by atoms with van der Waals surface area (Å²) < 4.78 is 5.51. The lowest BCUT2D eigenvalue weighted by Crippen LogP contribution is -2.40. The molecule has 0 aromatic heterocycles. The Bertz CT molecular complexity index is 929. The third-order valence-electron chi connectivity index (χ3n) is 5.63. The second-order valence-corrected chi connectivity index (χ2v) is 8.33. The van der Waals surface area contributed by atoms with Gasteiger partial charge >= 0.3 is 12.1 Å². The molecule has 2 aromatic carbocycles. The first-order valence-electron chi connectivity index (χ1n) is 11.0. The third-order valence-corrected chi connectivity index (χ3v) is 5.63. The van der Waals surface area contributed by atoms with Crippen molar-refractivity contribution in [2.75, 3.05) is 6.61 Å². The minimum Gasteiger partial charge on any atom is -0.481 e. The SMILES string of the molecule is CC(CCCC(=O)O)NC(=O)C[C@H](C)NC(=O)OCC1c2ccccc2-c2ccccc21. The summed E-state index contributed by atoms with van der Waals surface area (Å²) >= 11 is 0. The van der Waals surface area contributed by atoms with Gasteiger partial charge in [0.25, 0.3) is 0 Å². The van der Waals surface area contributed by atoms with Crippen molar-refractivity contribution in [1.29, 1.82) is 0 Å². The van der Waals surface area contributed by atoms with Gasteiger partial charge in [0.1, 0.15) is 6.61 Å². The van der Waals surface area contributed by atoms with Gasteiger partial charge in [-0.2, -0.15) is 0 Å². The number of carboxylic acid groups (broad SMARTS) is 1. The largest absolute Gasteiger partial charge is 0.481 e. The predicted octanol–water partition coefficient (Wildman–Crippen LogP) is 4.06. The maximum absolute atomic E-state index is 12.3. The van der Waals surface area contributed by atoms with E-state index in [1.165, 1.54) is 11.1 Å². The quantitative estimate of drug-likeness (QED) is 0.519. The molecule has 0 radical (unpaired) electrons. The van der Waals surface area contributed by atoms with Crippen LogP contribution in [0.5, 0.6) is 0 Å². The number of ether oxygens (including phenoxy) is 1. The number of alkyl carbamates (subject to hydrolysis) is 1. The van der Waals surface area contributed by atoms with Gasteiger partial charge in [0.15, 0.2) is 0 Å². The molecule has 7 heteroatoms. The van der Waals surface area contributed by atoms with E-state index < -0.39 is 18.1 Å². The average Bonchev–Trinajstić information content (AvgIpc) is 3.05. The molecule has 0 bridgehead atoms. The molecule has 2 aromatic rings. The predicted molar refractivity (Wildman–Crippen MR) is 121 cm³/mol. The van der Waals surface area contributed by atoms with E-state index in [0.717, 1.165) is 11.1 Å². The van der Waals surface area contributed by atoms with Crippen molar-refractivity contribution in [3.05, 3.63) is 59.7 Å². The molecule has 2 amide bonds. The van der Waals surface area contributed by atoms with E-state index in [4.69, 9.17) is 9.84 Å². The molecule has 0 heterocycles. The Balaban J connectivity index is 1.45. The van der Waals surface area contributed by atoms with Crippen LogP contribution in [0, 0.1) is 0 Å². The Morgan fingerprint density at radius 2 is 1.53 bits per heavy atom. The van der Waals surface area contributed by atoms with Crippen LogP contribution < -0.4 is 10.6 Å². The number of amides is 2. The van der Waals surface area contributed by atoms with Crippen LogP contribution in [0.1, 0.15) is 56.6 Å². The highest BCUT2D eigenvalue weighted by atomic mass is 16.5. The highest BCUT2D eigenvalue weighted by Crippen LogP contribution is 2.44. The van der Waals surface area contributed by atoms with Gasteiger partial charge in [0.05, 0.1) is 0 Å². The van der Waals surface area contributed by atoms with Gasteiger partial charge in [-0.15, -0.1) is 0 Å². The topological polar surface area (TPSA) is 105 Å². The van der Waals surface area contributed by atoms with E-state index in [0.29, 0.717) is 12.8 Å². The first-order chi connectivity index (χ1) is 15.3. The van der Waals surface area contributed by atoms with Crippen LogP contribution in [0.2, 0.25) is 0 Å². The van der Waals surface area contributed by atoms with Crippen molar-refractivity contribution in [2.45, 2.75) is 57.5 Å². The molecule has 3 N–H and O–H groups in total. The first kappa shape index (κ1) is 23.3. The van der Waals surface area contributed by atoms with Gasteiger partial charge in [-0.1, -0.05) is 48.5 Å². The van der Waals surface area contributed by atoms with Gasteiger partial charge in [-0.25, -0.2) is 4.79 Å². The van der Waals surface area contributed by atoms with Crippen LogP contribution >= 0.6 is 0 Å². The molecule has 0 spiro atoms. The van der Waals surface area contributed by atoms with Crippen molar-refractivity contribution in [1.82, 2.24) is 10.6 Å². The van der Waals surface area contributed by atoms with Crippen molar-refractivity contribution in [2.24, 2.45) is 0 Å². The Labute approximate surface area is 188 Å². The van der Waals surface area contributed by atoms with E-state index in [1.54, 1.807) is 6.92 Å². The summed E-state index contributed by atoms with van der Waals surface area (Å²) in [7, 11) is 0. The highest BCUT2D eigenvalue weighted by Gasteiger charge is 2.29. The van der Waals surface area contributed by atoms with Crippen molar-refractivity contribution < 1.29 is 24.2 Å². The smallest absolute Gasteiger partial charge is 0.407 e. The zero-order chi connectivity index (χ0) is 23.1. The minimum absolute atomic E-state index is 0.0154. The highest BCUT2D eigenvalue weighted by molar-refractivity contribution is 5.79. The molecule has 0 saturated carbocycles. The molecule has 170 valence electrons. The van der Waals surface area contributed by atoms with Crippen LogP contribution in [0.4, 0.5) is 4.79 Å². The molecular weight excluding hydrogens is 408 g/mol. The lowest BCUT2D eigenvalue weighted by Gasteiger charge is -2.18. The number of carbonyl (C=O) groups is 3. The Morgan fingerprint density at radius 1 is 0.938 bits per heavy atom. The van der Waals surface area contributed by atoms with Crippen LogP contribution in [0.25, 0.3) is 11.1 Å². The number of benzene rings is 2. The summed E-state index contributed by atoms with van der Waals surface area (Å²) in [5, 5.41) is 14.2. The number of carbonyl (C=O) groups excluding carboxylic acids is 2. The van der Waals surface area contributed by atoms with Crippen LogP contribution in [0.15, 0.2) is 48.5 Å². The van der Waals surface area contributed by atoms with Gasteiger partial charge in [0, 0.05) is 30.8 Å². The van der Waals surface area contributed by atoms with Crippen LogP contribution in [-0.4, -0.2) is 41.8 Å². The third kappa shape index (κ3) is 6.09. The maximum atomic E-state index is 12.3. The van der Waals surface area contributed by atoms with E-state index >= 15 is 0 Å². The molecule has 1 unspecified atom stereocenters. The van der Waals surface area contributed by atoms with Gasteiger partial charge < -0.3 is 20.5 Å². The molecule has 0 saturated heterocycles. The molecule has 2 atom stereocenters. The second kappa shape index (κ2) is 10.8. The van der Waals surface area contributed by atoms with E-state index in [-0.39, 0.29) is 37.3 Å². The Kier molecular flexibility index (Phi) is 7.87. The average molecular weight is 439 g/mol. The monoisotopic (exact) mass is 438 g/mol. The zero-order valence-corrected chi connectivity index (χ0v) is 18.5. The lowest BCUT2D eigenvalue weighted by atomic mass is 9.98. The molecule has 0 fully saturated rings. The summed E-state index contributed by atoms with van der Waals surface area (Å²) in [6.07, 6.45) is 0.742. The molecule has 32 heavy (non-hydrogen) atoms. The molecule has 0 aliphatic heterocycles. The summed E-state index contributed by atoms with van der Waals surface area (Å²) in [5.74, 6) is -1.05. The fourth-order valence-electron chi connectivity index (χ4n) is 4.14. The lowest BCUT2D eigenvalue weighted by molar-refractivity contribution is -0.137. The van der Waals surface area contributed by atoms with E-state index in [9.17, 15) is 14.4 Å². The van der Waals surface area contributed by atoms with Crippen molar-refractivity contribution in [3.63, 3.8) is 0 Å². The number of rotatable bonds is 10. The second-order valence-electron chi connectivity index (χ2n) is 8.33. The zero-order valence-electron chi connectivity index (χ0n) is 18.5. The molecule has 1 aliphatic rings. The molecular formula is C25H30N2O5. The number of carboxylic acids is 1. The van der Waals surface area contributed by atoms with Gasteiger partial charge in [0.2, 0.25) is 5.91 Å². The number of hydrogen-bond acceptors (Lipinski definition) is 4. The normalized spacial score (nSPS) is 14.1. The Morgan fingerprint density at radius 3 is 2.12 bits per heavy atom. The molecule has 3 rings (SSSR count). The van der Waals surface area contributed by atoms with E-state index in [1.807, 2.05) is 31.2 Å². The number of fused-ring (bicyclic) bond motifs is 3. The summed E-state index contributed by atoms with van der Waals surface area (Å²) in [6.45, 7) is 3.80. The van der Waals surface area contributed by atoms with E-state index in [2.05, 4.69) is 34.9 Å². The number of aliphatic carboxylic acids is 1. The van der Waals surface area contributed by atoms with Crippen molar-refractivity contribution in [3.8, 4) is 11.1 Å². The fraction of sp³-hybridized carbons (Fsp3) is 0.400. The Hall–Kier alpha value is -3.35. The minimum atomic E-state index is -0.843. The summed E-state index contributed by atoms with van der Waals surface area (Å²) in [5.41, 5.74) is 4.62. The molecule has 7 nitrogen and oxygen atoms in total. The van der Waals surface area contributed by atoms with Gasteiger partial charge in [-0.3, -0.25) is 9.59 Å². The summed E-state index contributed by atoms with van der Waals surface area (Å²) in [6, 6.07) is 15.8. The first-order valence-corrected chi connectivity index (χ1v) is 11.0. The van der Waals surface area contributed by atoms with Crippen LogP contribution in [0.3, 0.4) is 0 Å².